The second-order valence-corrected chi connectivity index (χ2v) is 4.81. The predicted octanol–water partition coefficient (Wildman–Crippen LogP) is 3.36. The van der Waals surface area contributed by atoms with Gasteiger partial charge in [-0.3, -0.25) is 0 Å². The minimum absolute atomic E-state index is 0.542. The fraction of sp³-hybridized carbons (Fsp3) is 0.600. The van der Waals surface area contributed by atoms with Crippen molar-refractivity contribution in [3.8, 4) is 0 Å². The Hall–Kier alpha value is -0.0500. The first-order valence-electron chi connectivity index (χ1n) is 4.54. The summed E-state index contributed by atoms with van der Waals surface area (Å²) in [6, 6.07) is 1.98. The highest BCUT2D eigenvalue weighted by molar-refractivity contribution is 7.10. The lowest BCUT2D eigenvalue weighted by molar-refractivity contribution is 0.471. The van der Waals surface area contributed by atoms with Crippen LogP contribution in [0.2, 0.25) is 5.02 Å². The topological polar surface area (TPSA) is 12.0 Å². The molecule has 0 aliphatic heterocycles. The van der Waals surface area contributed by atoms with E-state index >= 15 is 0 Å². The van der Waals surface area contributed by atoms with E-state index in [4.69, 9.17) is 11.6 Å². The Morgan fingerprint density at radius 2 is 2.23 bits per heavy atom. The molecule has 0 spiro atoms. The molecule has 0 amide bonds. The van der Waals surface area contributed by atoms with E-state index in [-0.39, 0.29) is 0 Å². The van der Waals surface area contributed by atoms with Crippen molar-refractivity contribution in [1.29, 1.82) is 0 Å². The highest BCUT2D eigenvalue weighted by atomic mass is 35.5. The molecule has 0 saturated carbocycles. The summed E-state index contributed by atoms with van der Waals surface area (Å²) in [4.78, 5) is 1.31. The Morgan fingerprint density at radius 1 is 1.54 bits per heavy atom. The maximum atomic E-state index is 6.07. The Morgan fingerprint density at radius 3 is 2.69 bits per heavy atom. The lowest BCUT2D eigenvalue weighted by Crippen LogP contribution is -2.20. The second kappa shape index (κ2) is 4.99. The van der Waals surface area contributed by atoms with E-state index in [1.165, 1.54) is 4.88 Å². The zero-order chi connectivity index (χ0) is 9.84. The van der Waals surface area contributed by atoms with E-state index in [1.807, 2.05) is 13.1 Å². The predicted molar refractivity (Wildman–Crippen MR) is 60.8 cm³/mol. The zero-order valence-electron chi connectivity index (χ0n) is 8.30. The van der Waals surface area contributed by atoms with Crippen LogP contribution in [0.3, 0.4) is 0 Å². The molecule has 0 radical (unpaired) electrons. The van der Waals surface area contributed by atoms with Crippen LogP contribution < -0.4 is 5.32 Å². The molecule has 1 aromatic heterocycles. The molecule has 0 saturated heterocycles. The second-order valence-electron chi connectivity index (χ2n) is 3.46. The molecule has 0 aromatic carbocycles. The van der Waals surface area contributed by atoms with Gasteiger partial charge in [0, 0.05) is 4.88 Å². The van der Waals surface area contributed by atoms with Gasteiger partial charge in [-0.05, 0) is 36.9 Å². The molecule has 0 fully saturated rings. The molecule has 1 heterocycles. The molecule has 2 unspecified atom stereocenters. The number of rotatable bonds is 4. The Balaban J connectivity index is 2.67. The van der Waals surface area contributed by atoms with Gasteiger partial charge < -0.3 is 5.32 Å². The summed E-state index contributed by atoms with van der Waals surface area (Å²) < 4.78 is 0. The van der Waals surface area contributed by atoms with E-state index in [9.17, 15) is 0 Å². The number of hydrogen-bond acceptors (Lipinski definition) is 2. The van der Waals surface area contributed by atoms with E-state index in [1.54, 1.807) is 11.3 Å². The summed E-state index contributed by atoms with van der Waals surface area (Å²) in [6.07, 6.45) is 0. The zero-order valence-corrected chi connectivity index (χ0v) is 9.88. The van der Waals surface area contributed by atoms with Gasteiger partial charge in [-0.2, -0.15) is 0 Å². The van der Waals surface area contributed by atoms with Crippen LogP contribution in [0.25, 0.3) is 0 Å². The molecule has 0 aliphatic rings. The molecule has 1 aromatic rings. The lowest BCUT2D eigenvalue weighted by atomic mass is 9.94. The molecule has 13 heavy (non-hydrogen) atoms. The van der Waals surface area contributed by atoms with Crippen LogP contribution in [-0.4, -0.2) is 13.6 Å². The molecule has 0 aliphatic carbocycles. The molecule has 1 nitrogen and oxygen atoms in total. The highest BCUT2D eigenvalue weighted by Gasteiger charge is 2.17. The minimum atomic E-state index is 0.542. The van der Waals surface area contributed by atoms with Gasteiger partial charge in [0.1, 0.15) is 0 Å². The monoisotopic (exact) mass is 217 g/mol. The standard InChI is InChI=1S/C10H16ClNS/c1-7(6-12-3)8(2)10-9(11)4-5-13-10/h4-5,7-8,12H,6H2,1-3H3. The van der Waals surface area contributed by atoms with Gasteiger partial charge in [0.2, 0.25) is 0 Å². The maximum absolute atomic E-state index is 6.07. The molecule has 0 bridgehead atoms. The lowest BCUT2D eigenvalue weighted by Gasteiger charge is -2.18. The summed E-state index contributed by atoms with van der Waals surface area (Å²) in [5.74, 6) is 1.17. The van der Waals surface area contributed by atoms with E-state index < -0.39 is 0 Å². The van der Waals surface area contributed by atoms with Gasteiger partial charge in [-0.25, -0.2) is 0 Å². The van der Waals surface area contributed by atoms with Gasteiger partial charge in [-0.1, -0.05) is 25.4 Å². The molecular weight excluding hydrogens is 202 g/mol. The fourth-order valence-corrected chi connectivity index (χ4v) is 2.81. The Bertz CT molecular complexity index is 259. The summed E-state index contributed by atoms with van der Waals surface area (Å²) in [5.41, 5.74) is 0. The number of hydrogen-bond donors (Lipinski definition) is 1. The van der Waals surface area contributed by atoms with Gasteiger partial charge >= 0.3 is 0 Å². The first-order chi connectivity index (χ1) is 6.16. The van der Waals surface area contributed by atoms with Crippen LogP contribution >= 0.6 is 22.9 Å². The Labute approximate surface area is 89.1 Å². The van der Waals surface area contributed by atoms with Gasteiger partial charge in [0.25, 0.3) is 0 Å². The molecular formula is C10H16ClNS. The van der Waals surface area contributed by atoms with Crippen molar-refractivity contribution in [1.82, 2.24) is 5.32 Å². The summed E-state index contributed by atoms with van der Waals surface area (Å²) in [7, 11) is 1.99. The maximum Gasteiger partial charge on any atom is 0.0547 e. The molecule has 74 valence electrons. The first kappa shape index (κ1) is 11.0. The molecule has 1 N–H and O–H groups in total. The van der Waals surface area contributed by atoms with Crippen molar-refractivity contribution in [3.63, 3.8) is 0 Å². The summed E-state index contributed by atoms with van der Waals surface area (Å²) in [6.45, 7) is 5.52. The van der Waals surface area contributed by atoms with Crippen LogP contribution in [0.4, 0.5) is 0 Å². The Kier molecular flexibility index (Phi) is 4.23. The highest BCUT2D eigenvalue weighted by Crippen LogP contribution is 2.33. The third-order valence-corrected chi connectivity index (χ3v) is 4.00. The number of halogens is 1. The SMILES string of the molecule is CNCC(C)C(C)c1sccc1Cl. The first-order valence-corrected chi connectivity index (χ1v) is 5.80. The smallest absolute Gasteiger partial charge is 0.0547 e. The van der Waals surface area contributed by atoms with Gasteiger partial charge in [0.15, 0.2) is 0 Å². The van der Waals surface area contributed by atoms with Gasteiger partial charge in [0.05, 0.1) is 5.02 Å². The molecule has 3 heteroatoms. The third kappa shape index (κ3) is 2.70. The number of thiophene rings is 1. The van der Waals surface area contributed by atoms with Crippen LogP contribution in [0.5, 0.6) is 0 Å². The van der Waals surface area contributed by atoms with Crippen molar-refractivity contribution in [2.45, 2.75) is 19.8 Å². The number of nitrogens with one attached hydrogen (secondary N) is 1. The fourth-order valence-electron chi connectivity index (χ4n) is 1.39. The van der Waals surface area contributed by atoms with Crippen LogP contribution in [-0.2, 0) is 0 Å². The van der Waals surface area contributed by atoms with Crippen LogP contribution in [0, 0.1) is 5.92 Å². The van der Waals surface area contributed by atoms with Crippen molar-refractivity contribution < 1.29 is 0 Å². The van der Waals surface area contributed by atoms with Crippen LogP contribution in [0.15, 0.2) is 11.4 Å². The summed E-state index contributed by atoms with van der Waals surface area (Å²) >= 11 is 7.82. The van der Waals surface area contributed by atoms with Gasteiger partial charge in [-0.15, -0.1) is 11.3 Å². The van der Waals surface area contributed by atoms with Crippen molar-refractivity contribution >= 4 is 22.9 Å². The quantitative estimate of drug-likeness (QED) is 0.816. The van der Waals surface area contributed by atoms with E-state index in [0.29, 0.717) is 11.8 Å². The molecule has 2 atom stereocenters. The van der Waals surface area contributed by atoms with Crippen molar-refractivity contribution in [2.24, 2.45) is 5.92 Å². The molecule has 1 rings (SSSR count). The average molecular weight is 218 g/mol. The van der Waals surface area contributed by atoms with Crippen LogP contribution in [0.1, 0.15) is 24.6 Å². The summed E-state index contributed by atoms with van der Waals surface area (Å²) in [5, 5.41) is 6.16. The van der Waals surface area contributed by atoms with Crippen molar-refractivity contribution in [3.05, 3.63) is 21.3 Å². The van der Waals surface area contributed by atoms with Crippen molar-refractivity contribution in [2.75, 3.05) is 13.6 Å². The largest absolute Gasteiger partial charge is 0.319 e. The third-order valence-electron chi connectivity index (χ3n) is 2.44. The minimum Gasteiger partial charge on any atom is -0.319 e. The average Bonchev–Trinajstić information content (AvgIpc) is 2.50. The van der Waals surface area contributed by atoms with E-state index in [2.05, 4.69) is 24.5 Å². The normalized spacial score (nSPS) is 15.7. The van der Waals surface area contributed by atoms with E-state index in [0.717, 1.165) is 11.6 Å².